The van der Waals surface area contributed by atoms with Gasteiger partial charge in [0.2, 0.25) is 11.6 Å². The van der Waals surface area contributed by atoms with Crippen LogP contribution in [0.3, 0.4) is 0 Å². The highest BCUT2D eigenvalue weighted by atomic mass is 79.9. The van der Waals surface area contributed by atoms with Crippen LogP contribution in [0.5, 0.6) is 11.5 Å². The fourth-order valence-electron chi connectivity index (χ4n) is 2.03. The molecule has 0 aliphatic rings. The summed E-state index contributed by atoms with van der Waals surface area (Å²) in [5, 5.41) is 3.87. The largest absolute Gasteiger partial charge is 0.493 e. The van der Waals surface area contributed by atoms with Gasteiger partial charge in [0.15, 0.2) is 22.8 Å². The number of nitrogens with zero attached hydrogens (tertiary/aromatic N) is 2. The molecule has 0 radical (unpaired) electrons. The van der Waals surface area contributed by atoms with E-state index >= 15 is 0 Å². The van der Waals surface area contributed by atoms with Gasteiger partial charge in [-0.15, -0.1) is 0 Å². The molecule has 0 N–H and O–H groups in total. The van der Waals surface area contributed by atoms with Gasteiger partial charge in [0.25, 0.3) is 5.89 Å². The van der Waals surface area contributed by atoms with Crippen molar-refractivity contribution in [2.24, 2.45) is 0 Å². The summed E-state index contributed by atoms with van der Waals surface area (Å²) in [6.45, 7) is -0.169. The predicted octanol–water partition coefficient (Wildman–Crippen LogP) is 3.47. The Morgan fingerprint density at radius 1 is 1.16 bits per heavy atom. The maximum atomic E-state index is 11.8. The van der Waals surface area contributed by atoms with Gasteiger partial charge in [0.05, 0.1) is 14.2 Å². The molecular weight excluding hydrogens is 396 g/mol. The highest BCUT2D eigenvalue weighted by Gasteiger charge is 2.16. The molecule has 0 saturated heterocycles. The monoisotopic (exact) mass is 408 g/mol. The standard InChI is InChI=1S/C16H13BrN2O6/c1-21-10-4-3-9(7-12(10)22-2)15-18-14(25-19-15)8-23-16(20)11-5-6-13(17)24-11/h3-7H,8H2,1-2H3. The van der Waals surface area contributed by atoms with Gasteiger partial charge in [-0.25, -0.2) is 4.79 Å². The van der Waals surface area contributed by atoms with Crippen LogP contribution in [-0.2, 0) is 11.3 Å². The van der Waals surface area contributed by atoms with Crippen molar-refractivity contribution >= 4 is 21.9 Å². The minimum Gasteiger partial charge on any atom is -0.493 e. The molecule has 130 valence electrons. The van der Waals surface area contributed by atoms with Crippen LogP contribution in [0.4, 0.5) is 0 Å². The number of halogens is 1. The number of rotatable bonds is 6. The zero-order chi connectivity index (χ0) is 17.8. The lowest BCUT2D eigenvalue weighted by Crippen LogP contribution is -2.04. The SMILES string of the molecule is COc1ccc(-c2noc(COC(=O)c3ccc(Br)o3)n2)cc1OC. The number of hydrogen-bond acceptors (Lipinski definition) is 8. The number of ether oxygens (including phenoxy) is 3. The third-order valence-corrected chi connectivity index (χ3v) is 3.64. The highest BCUT2D eigenvalue weighted by Crippen LogP contribution is 2.31. The fourth-order valence-corrected chi connectivity index (χ4v) is 2.34. The number of aromatic nitrogens is 2. The average Bonchev–Trinajstić information content (AvgIpc) is 3.28. The van der Waals surface area contributed by atoms with E-state index in [-0.39, 0.29) is 18.3 Å². The number of carbonyl (C=O) groups is 1. The van der Waals surface area contributed by atoms with E-state index in [2.05, 4.69) is 26.1 Å². The first-order chi connectivity index (χ1) is 12.1. The Labute approximate surface area is 150 Å². The second kappa shape index (κ2) is 7.39. The van der Waals surface area contributed by atoms with Gasteiger partial charge in [0, 0.05) is 5.56 Å². The molecule has 0 spiro atoms. The first-order valence-electron chi connectivity index (χ1n) is 7.08. The highest BCUT2D eigenvalue weighted by molar-refractivity contribution is 9.10. The van der Waals surface area contributed by atoms with Crippen LogP contribution in [0.25, 0.3) is 11.4 Å². The minimum absolute atomic E-state index is 0.0755. The van der Waals surface area contributed by atoms with Crippen molar-refractivity contribution in [1.82, 2.24) is 10.1 Å². The van der Waals surface area contributed by atoms with Gasteiger partial charge in [-0.05, 0) is 46.3 Å². The maximum Gasteiger partial charge on any atom is 0.374 e. The van der Waals surface area contributed by atoms with Gasteiger partial charge in [-0.2, -0.15) is 4.98 Å². The summed E-state index contributed by atoms with van der Waals surface area (Å²) >= 11 is 3.11. The van der Waals surface area contributed by atoms with Crippen molar-refractivity contribution in [3.8, 4) is 22.9 Å². The van der Waals surface area contributed by atoms with Crippen LogP contribution in [0.15, 0.2) is 43.9 Å². The van der Waals surface area contributed by atoms with Crippen LogP contribution in [0.1, 0.15) is 16.4 Å². The summed E-state index contributed by atoms with van der Waals surface area (Å²) in [6.07, 6.45) is 0. The van der Waals surface area contributed by atoms with Crippen LogP contribution in [-0.4, -0.2) is 30.3 Å². The third kappa shape index (κ3) is 3.82. The van der Waals surface area contributed by atoms with Gasteiger partial charge in [-0.3, -0.25) is 0 Å². The molecule has 0 unspecified atom stereocenters. The first-order valence-corrected chi connectivity index (χ1v) is 7.87. The minimum atomic E-state index is -0.628. The number of hydrogen-bond donors (Lipinski definition) is 0. The van der Waals surface area contributed by atoms with Crippen molar-refractivity contribution in [2.45, 2.75) is 6.61 Å². The molecular formula is C16H13BrN2O6. The molecule has 0 saturated carbocycles. The molecule has 0 fully saturated rings. The Balaban J connectivity index is 1.69. The summed E-state index contributed by atoms with van der Waals surface area (Å²) in [5.41, 5.74) is 0.675. The maximum absolute atomic E-state index is 11.8. The van der Waals surface area contributed by atoms with Gasteiger partial charge in [0.1, 0.15) is 0 Å². The Morgan fingerprint density at radius 2 is 1.96 bits per heavy atom. The first kappa shape index (κ1) is 17.0. The number of esters is 1. The van der Waals surface area contributed by atoms with Gasteiger partial charge < -0.3 is 23.2 Å². The van der Waals surface area contributed by atoms with E-state index in [9.17, 15) is 4.79 Å². The Morgan fingerprint density at radius 3 is 2.64 bits per heavy atom. The van der Waals surface area contributed by atoms with Crippen molar-refractivity contribution in [3.63, 3.8) is 0 Å². The molecule has 3 rings (SSSR count). The summed E-state index contributed by atoms with van der Waals surface area (Å²) in [4.78, 5) is 16.0. The number of furan rings is 1. The summed E-state index contributed by atoms with van der Waals surface area (Å²) < 4.78 is 26.1. The quantitative estimate of drug-likeness (QED) is 0.571. The van der Waals surface area contributed by atoms with E-state index in [0.29, 0.717) is 27.6 Å². The number of methoxy groups -OCH3 is 2. The van der Waals surface area contributed by atoms with Crippen LogP contribution >= 0.6 is 15.9 Å². The van der Waals surface area contributed by atoms with Crippen LogP contribution < -0.4 is 9.47 Å². The van der Waals surface area contributed by atoms with E-state index in [0.717, 1.165) is 0 Å². The average molecular weight is 409 g/mol. The second-order valence-electron chi connectivity index (χ2n) is 4.76. The third-order valence-electron chi connectivity index (χ3n) is 3.21. The zero-order valence-corrected chi connectivity index (χ0v) is 14.9. The molecule has 3 aromatic rings. The molecule has 1 aromatic carbocycles. The lowest BCUT2D eigenvalue weighted by Gasteiger charge is -2.07. The zero-order valence-electron chi connectivity index (χ0n) is 13.3. The van der Waals surface area contributed by atoms with E-state index in [1.807, 2.05) is 0 Å². The molecule has 2 heterocycles. The molecule has 2 aromatic heterocycles. The van der Waals surface area contributed by atoms with E-state index < -0.39 is 5.97 Å². The predicted molar refractivity (Wildman–Crippen MR) is 88.4 cm³/mol. The van der Waals surface area contributed by atoms with Crippen molar-refractivity contribution in [3.05, 3.63) is 46.7 Å². The van der Waals surface area contributed by atoms with Crippen LogP contribution in [0.2, 0.25) is 0 Å². The topological polar surface area (TPSA) is 96.8 Å². The van der Waals surface area contributed by atoms with E-state index in [4.69, 9.17) is 23.2 Å². The number of benzene rings is 1. The smallest absolute Gasteiger partial charge is 0.374 e. The summed E-state index contributed by atoms with van der Waals surface area (Å²) in [5.74, 6) is 1.08. The van der Waals surface area contributed by atoms with E-state index in [1.54, 1.807) is 31.4 Å². The number of carbonyl (C=O) groups excluding carboxylic acids is 1. The van der Waals surface area contributed by atoms with Crippen LogP contribution in [0, 0.1) is 0 Å². The Hall–Kier alpha value is -2.81. The van der Waals surface area contributed by atoms with Crippen molar-refractivity contribution < 1.29 is 27.9 Å². The van der Waals surface area contributed by atoms with Crippen molar-refractivity contribution in [1.29, 1.82) is 0 Å². The molecule has 9 heteroatoms. The van der Waals surface area contributed by atoms with E-state index in [1.165, 1.54) is 13.2 Å². The molecule has 25 heavy (non-hydrogen) atoms. The molecule has 0 aliphatic heterocycles. The normalized spacial score (nSPS) is 10.5. The molecule has 0 atom stereocenters. The Bertz CT molecular complexity index is 888. The lowest BCUT2D eigenvalue weighted by molar-refractivity contribution is 0.0392. The van der Waals surface area contributed by atoms with Gasteiger partial charge in [-0.1, -0.05) is 5.16 Å². The van der Waals surface area contributed by atoms with Crippen molar-refractivity contribution in [2.75, 3.05) is 14.2 Å². The molecule has 8 nitrogen and oxygen atoms in total. The summed E-state index contributed by atoms with van der Waals surface area (Å²) in [6, 6.07) is 8.31. The van der Waals surface area contributed by atoms with Gasteiger partial charge >= 0.3 is 5.97 Å². The Kier molecular flexibility index (Phi) is 5.03. The summed E-state index contributed by atoms with van der Waals surface area (Å²) in [7, 11) is 3.09. The lowest BCUT2D eigenvalue weighted by atomic mass is 10.2. The molecule has 0 amide bonds. The molecule has 0 aliphatic carbocycles. The fraction of sp³-hybridized carbons (Fsp3) is 0.188. The second-order valence-corrected chi connectivity index (χ2v) is 5.54. The molecule has 0 bridgehead atoms.